The molecule has 1 N–H and O–H groups in total. The molecule has 1 aromatic rings. The molecule has 1 unspecified atom stereocenters. The summed E-state index contributed by atoms with van der Waals surface area (Å²) in [6.45, 7) is 5.66. The SMILES string of the molecule is CC(CN1CCCC1)Nc1ccnc(C#N)c1. The van der Waals surface area contributed by atoms with Crippen molar-refractivity contribution in [2.45, 2.75) is 25.8 Å². The van der Waals surface area contributed by atoms with E-state index in [0.717, 1.165) is 12.2 Å². The predicted octanol–water partition coefficient (Wildman–Crippen LogP) is 1.85. The van der Waals surface area contributed by atoms with Crippen LogP contribution < -0.4 is 5.32 Å². The smallest absolute Gasteiger partial charge is 0.142 e. The number of anilines is 1. The van der Waals surface area contributed by atoms with Gasteiger partial charge in [-0.15, -0.1) is 0 Å². The van der Waals surface area contributed by atoms with Gasteiger partial charge in [0, 0.05) is 24.5 Å². The molecule has 1 aromatic heterocycles. The summed E-state index contributed by atoms with van der Waals surface area (Å²) < 4.78 is 0. The first-order chi connectivity index (χ1) is 8.28. The van der Waals surface area contributed by atoms with Gasteiger partial charge in [-0.1, -0.05) is 0 Å². The standard InChI is InChI=1S/C13H18N4/c1-11(10-17-6-2-3-7-17)16-12-4-5-15-13(8-12)9-14/h4-5,8,11H,2-3,6-7,10H2,1H3,(H,15,16). The second-order valence-electron chi connectivity index (χ2n) is 4.59. The van der Waals surface area contributed by atoms with E-state index in [1.54, 1.807) is 12.3 Å². The van der Waals surface area contributed by atoms with Crippen LogP contribution in [0.1, 0.15) is 25.5 Å². The Kier molecular flexibility index (Phi) is 3.94. The van der Waals surface area contributed by atoms with Gasteiger partial charge in [0.1, 0.15) is 11.8 Å². The molecular weight excluding hydrogens is 212 g/mol. The van der Waals surface area contributed by atoms with E-state index >= 15 is 0 Å². The van der Waals surface area contributed by atoms with Crippen LogP contribution in [0.3, 0.4) is 0 Å². The fourth-order valence-electron chi connectivity index (χ4n) is 2.26. The third-order valence-corrected chi connectivity index (χ3v) is 3.02. The van der Waals surface area contributed by atoms with Gasteiger partial charge >= 0.3 is 0 Å². The van der Waals surface area contributed by atoms with Crippen LogP contribution in [0.15, 0.2) is 18.3 Å². The molecule has 1 aliphatic rings. The summed E-state index contributed by atoms with van der Waals surface area (Å²) in [5.74, 6) is 0. The lowest BCUT2D eigenvalue weighted by Crippen LogP contribution is -2.32. The predicted molar refractivity (Wildman–Crippen MR) is 67.7 cm³/mol. The molecule has 0 spiro atoms. The first-order valence-corrected chi connectivity index (χ1v) is 6.13. The van der Waals surface area contributed by atoms with Crippen LogP contribution in [0.25, 0.3) is 0 Å². The Bertz CT molecular complexity index is 404. The average Bonchev–Trinajstić information content (AvgIpc) is 2.82. The summed E-state index contributed by atoms with van der Waals surface area (Å²) in [6.07, 6.45) is 4.31. The molecule has 2 heterocycles. The molecule has 1 atom stereocenters. The van der Waals surface area contributed by atoms with Crippen molar-refractivity contribution in [1.82, 2.24) is 9.88 Å². The molecule has 0 aliphatic carbocycles. The highest BCUT2D eigenvalue weighted by atomic mass is 15.2. The zero-order valence-electron chi connectivity index (χ0n) is 10.2. The van der Waals surface area contributed by atoms with Crippen molar-refractivity contribution in [3.8, 4) is 6.07 Å². The first-order valence-electron chi connectivity index (χ1n) is 6.13. The highest BCUT2D eigenvalue weighted by Crippen LogP contribution is 2.12. The maximum Gasteiger partial charge on any atom is 0.142 e. The quantitative estimate of drug-likeness (QED) is 0.857. The number of nitrogens with one attached hydrogen (secondary N) is 1. The molecule has 0 bridgehead atoms. The Morgan fingerprint density at radius 3 is 3.00 bits per heavy atom. The summed E-state index contributed by atoms with van der Waals surface area (Å²) in [4.78, 5) is 6.43. The van der Waals surface area contributed by atoms with Crippen molar-refractivity contribution in [3.05, 3.63) is 24.0 Å². The van der Waals surface area contributed by atoms with Gasteiger partial charge in [0.25, 0.3) is 0 Å². The van der Waals surface area contributed by atoms with Crippen molar-refractivity contribution in [1.29, 1.82) is 5.26 Å². The first kappa shape index (κ1) is 11.9. The van der Waals surface area contributed by atoms with Crippen molar-refractivity contribution >= 4 is 5.69 Å². The van der Waals surface area contributed by atoms with Crippen LogP contribution in [-0.2, 0) is 0 Å². The van der Waals surface area contributed by atoms with Crippen LogP contribution in [0.4, 0.5) is 5.69 Å². The molecule has 1 saturated heterocycles. The zero-order valence-corrected chi connectivity index (χ0v) is 10.2. The molecule has 0 radical (unpaired) electrons. The molecule has 4 nitrogen and oxygen atoms in total. The van der Waals surface area contributed by atoms with E-state index in [1.165, 1.54) is 25.9 Å². The third-order valence-electron chi connectivity index (χ3n) is 3.02. The summed E-state index contributed by atoms with van der Waals surface area (Å²) in [7, 11) is 0. The second-order valence-corrected chi connectivity index (χ2v) is 4.59. The maximum absolute atomic E-state index is 8.78. The number of likely N-dealkylation sites (tertiary alicyclic amines) is 1. The Labute approximate surface area is 102 Å². The Balaban J connectivity index is 1.88. The summed E-state index contributed by atoms with van der Waals surface area (Å²) in [6, 6.07) is 6.14. The van der Waals surface area contributed by atoms with Crippen LogP contribution >= 0.6 is 0 Å². The minimum absolute atomic E-state index is 0.391. The van der Waals surface area contributed by atoms with Gasteiger partial charge in [-0.25, -0.2) is 4.98 Å². The Morgan fingerprint density at radius 1 is 1.53 bits per heavy atom. The Hall–Kier alpha value is -1.60. The van der Waals surface area contributed by atoms with Gasteiger partial charge < -0.3 is 10.2 Å². The highest BCUT2D eigenvalue weighted by molar-refractivity contribution is 5.46. The van der Waals surface area contributed by atoms with Crippen molar-refractivity contribution < 1.29 is 0 Å². The number of nitrogens with zero attached hydrogens (tertiary/aromatic N) is 3. The maximum atomic E-state index is 8.78. The fraction of sp³-hybridized carbons (Fsp3) is 0.538. The van der Waals surface area contributed by atoms with Crippen LogP contribution in [0, 0.1) is 11.3 Å². The second kappa shape index (κ2) is 5.65. The van der Waals surface area contributed by atoms with E-state index in [2.05, 4.69) is 28.2 Å². The molecule has 1 fully saturated rings. The number of aromatic nitrogens is 1. The monoisotopic (exact) mass is 230 g/mol. The lowest BCUT2D eigenvalue weighted by Gasteiger charge is -2.22. The summed E-state index contributed by atoms with van der Waals surface area (Å²) >= 11 is 0. The van der Waals surface area contributed by atoms with E-state index in [0.29, 0.717) is 11.7 Å². The molecular formula is C13H18N4. The summed E-state index contributed by atoms with van der Waals surface area (Å²) in [5, 5.41) is 12.2. The molecule has 0 amide bonds. The van der Waals surface area contributed by atoms with Crippen molar-refractivity contribution in [2.24, 2.45) is 0 Å². The van der Waals surface area contributed by atoms with Gasteiger partial charge in [-0.3, -0.25) is 0 Å². The molecule has 2 rings (SSSR count). The average molecular weight is 230 g/mol. The molecule has 0 saturated carbocycles. The van der Waals surface area contributed by atoms with Gasteiger partial charge in [0.2, 0.25) is 0 Å². The minimum Gasteiger partial charge on any atom is -0.381 e. The van der Waals surface area contributed by atoms with Crippen LogP contribution in [-0.4, -0.2) is 35.6 Å². The van der Waals surface area contributed by atoms with E-state index < -0.39 is 0 Å². The van der Waals surface area contributed by atoms with Crippen molar-refractivity contribution in [3.63, 3.8) is 0 Å². The number of hydrogen-bond acceptors (Lipinski definition) is 4. The topological polar surface area (TPSA) is 52.0 Å². The van der Waals surface area contributed by atoms with Gasteiger partial charge in [0.05, 0.1) is 0 Å². The van der Waals surface area contributed by atoms with Crippen molar-refractivity contribution in [2.75, 3.05) is 25.0 Å². The molecule has 4 heteroatoms. The molecule has 0 aromatic carbocycles. The van der Waals surface area contributed by atoms with Crippen LogP contribution in [0.2, 0.25) is 0 Å². The summed E-state index contributed by atoms with van der Waals surface area (Å²) in [5.41, 5.74) is 1.44. The van der Waals surface area contributed by atoms with E-state index in [1.807, 2.05) is 6.07 Å². The van der Waals surface area contributed by atoms with Crippen LogP contribution in [0.5, 0.6) is 0 Å². The van der Waals surface area contributed by atoms with E-state index in [-0.39, 0.29) is 0 Å². The Morgan fingerprint density at radius 2 is 2.29 bits per heavy atom. The minimum atomic E-state index is 0.391. The van der Waals surface area contributed by atoms with E-state index in [4.69, 9.17) is 5.26 Å². The highest BCUT2D eigenvalue weighted by Gasteiger charge is 2.14. The van der Waals surface area contributed by atoms with E-state index in [9.17, 15) is 0 Å². The number of rotatable bonds is 4. The van der Waals surface area contributed by atoms with Gasteiger partial charge in [-0.2, -0.15) is 5.26 Å². The van der Waals surface area contributed by atoms with Gasteiger partial charge in [0.15, 0.2) is 0 Å². The lowest BCUT2D eigenvalue weighted by atomic mass is 10.2. The molecule has 90 valence electrons. The molecule has 17 heavy (non-hydrogen) atoms. The number of hydrogen-bond donors (Lipinski definition) is 1. The normalized spacial score (nSPS) is 17.6. The number of pyridine rings is 1. The lowest BCUT2D eigenvalue weighted by molar-refractivity contribution is 0.328. The fourth-order valence-corrected chi connectivity index (χ4v) is 2.26. The largest absolute Gasteiger partial charge is 0.381 e. The zero-order chi connectivity index (χ0) is 12.1. The molecule has 1 aliphatic heterocycles. The van der Waals surface area contributed by atoms with Gasteiger partial charge in [-0.05, 0) is 45.0 Å². The number of nitriles is 1. The third kappa shape index (κ3) is 3.43.